The lowest BCUT2D eigenvalue weighted by atomic mass is 10.1. The van der Waals surface area contributed by atoms with Crippen molar-refractivity contribution >= 4 is 28.4 Å². The molecule has 2 heterocycles. The van der Waals surface area contributed by atoms with E-state index in [0.717, 1.165) is 42.4 Å². The second-order valence-corrected chi connectivity index (χ2v) is 8.91. The Bertz CT molecular complexity index is 837. The summed E-state index contributed by atoms with van der Waals surface area (Å²) >= 11 is 0. The van der Waals surface area contributed by atoms with Gasteiger partial charge in [0.15, 0.2) is 0 Å². The Morgan fingerprint density at radius 2 is 2.07 bits per heavy atom. The van der Waals surface area contributed by atoms with Crippen LogP contribution in [0, 0.1) is 0 Å². The van der Waals surface area contributed by atoms with Gasteiger partial charge < -0.3 is 20.7 Å². The van der Waals surface area contributed by atoms with Crippen LogP contribution in [0.4, 0.5) is 16.2 Å². The van der Waals surface area contributed by atoms with E-state index >= 15 is 0 Å². The minimum Gasteiger partial charge on any atom is -0.444 e. The van der Waals surface area contributed by atoms with Gasteiger partial charge >= 0.3 is 6.09 Å². The van der Waals surface area contributed by atoms with Crippen LogP contribution in [0.25, 0.3) is 10.9 Å². The van der Waals surface area contributed by atoms with E-state index in [2.05, 4.69) is 24.3 Å². The fourth-order valence-electron chi connectivity index (χ4n) is 3.67. The number of likely N-dealkylation sites (tertiary alicyclic amines) is 1. The van der Waals surface area contributed by atoms with Crippen LogP contribution < -0.4 is 11.1 Å². The Balaban J connectivity index is 1.82. The van der Waals surface area contributed by atoms with E-state index in [4.69, 9.17) is 10.5 Å². The second kappa shape index (κ2) is 7.89. The summed E-state index contributed by atoms with van der Waals surface area (Å²) in [6.45, 7) is 11.2. The first-order valence-electron chi connectivity index (χ1n) is 10.2. The van der Waals surface area contributed by atoms with Crippen molar-refractivity contribution in [3.8, 4) is 0 Å². The van der Waals surface area contributed by atoms with Crippen molar-refractivity contribution in [3.63, 3.8) is 0 Å². The zero-order valence-electron chi connectivity index (χ0n) is 17.7. The number of nitrogens with two attached hydrogens (primary N) is 1. The van der Waals surface area contributed by atoms with Gasteiger partial charge in [0.1, 0.15) is 5.60 Å². The normalized spacial score (nSPS) is 18.4. The zero-order chi connectivity index (χ0) is 20.5. The summed E-state index contributed by atoms with van der Waals surface area (Å²) in [6.07, 6.45) is 4.63. The largest absolute Gasteiger partial charge is 0.444 e. The molecular weight excluding hydrogens is 354 g/mol. The molecule has 3 rings (SSSR count). The molecule has 0 aliphatic carbocycles. The third kappa shape index (κ3) is 4.51. The van der Waals surface area contributed by atoms with Crippen LogP contribution in [-0.2, 0) is 4.74 Å². The van der Waals surface area contributed by atoms with E-state index < -0.39 is 5.60 Å². The number of carbonyl (C=O) groups is 1. The number of ether oxygens (including phenoxy) is 1. The molecule has 154 valence electrons. The molecule has 7 heteroatoms. The number of nitrogens with one attached hydrogen (secondary N) is 1. The van der Waals surface area contributed by atoms with Gasteiger partial charge in [0.05, 0.1) is 23.1 Å². The molecule has 0 spiro atoms. The Kier molecular flexibility index (Phi) is 5.72. The number of carbonyl (C=O) groups excluding carboxylic acids is 1. The standard InChI is InChI=1S/C21H33N5O2/c1-14(2)26-18-10-9-17(22)19(16(18)12-23-26)24-15-8-6-7-11-25(13-15)20(27)28-21(3,4)5/h9-10,12,14-15,24H,6-8,11,13,22H2,1-5H3/t15-/m1/s1. The Hall–Kier alpha value is -2.44. The van der Waals surface area contributed by atoms with Gasteiger partial charge in [-0.15, -0.1) is 0 Å². The molecule has 1 fully saturated rings. The Morgan fingerprint density at radius 3 is 2.75 bits per heavy atom. The highest BCUT2D eigenvalue weighted by molar-refractivity contribution is 5.97. The molecule has 1 atom stereocenters. The molecule has 1 aliphatic heterocycles. The number of benzene rings is 1. The molecule has 1 aliphatic rings. The van der Waals surface area contributed by atoms with Gasteiger partial charge in [-0.3, -0.25) is 4.68 Å². The van der Waals surface area contributed by atoms with Gasteiger partial charge in [0.25, 0.3) is 0 Å². The van der Waals surface area contributed by atoms with Crippen LogP contribution in [-0.4, -0.2) is 45.5 Å². The summed E-state index contributed by atoms with van der Waals surface area (Å²) in [5, 5.41) is 9.15. The number of fused-ring (bicyclic) bond motifs is 1. The van der Waals surface area contributed by atoms with Crippen LogP contribution >= 0.6 is 0 Å². The number of aromatic nitrogens is 2. The van der Waals surface area contributed by atoms with E-state index in [1.165, 1.54) is 0 Å². The highest BCUT2D eigenvalue weighted by atomic mass is 16.6. The lowest BCUT2D eigenvalue weighted by Crippen LogP contribution is -2.42. The van der Waals surface area contributed by atoms with Crippen LogP contribution in [0.15, 0.2) is 18.3 Å². The predicted octanol–water partition coefficient (Wildman–Crippen LogP) is 4.40. The number of rotatable bonds is 3. The van der Waals surface area contributed by atoms with Gasteiger partial charge in [-0.05, 0) is 66.0 Å². The maximum Gasteiger partial charge on any atom is 0.410 e. The molecule has 0 saturated carbocycles. The van der Waals surface area contributed by atoms with E-state index in [-0.39, 0.29) is 18.2 Å². The lowest BCUT2D eigenvalue weighted by molar-refractivity contribution is 0.0252. The third-order valence-corrected chi connectivity index (χ3v) is 4.97. The highest BCUT2D eigenvalue weighted by Crippen LogP contribution is 2.32. The number of anilines is 2. The first-order chi connectivity index (χ1) is 13.2. The molecule has 1 saturated heterocycles. The average Bonchev–Trinajstić information content (AvgIpc) is 2.88. The summed E-state index contributed by atoms with van der Waals surface area (Å²) in [5.74, 6) is 0. The monoisotopic (exact) mass is 387 g/mol. The molecule has 1 aromatic carbocycles. The maximum atomic E-state index is 12.6. The number of nitrogen functional groups attached to an aromatic ring is 1. The zero-order valence-corrected chi connectivity index (χ0v) is 17.7. The van der Waals surface area contributed by atoms with Gasteiger partial charge in [-0.2, -0.15) is 5.10 Å². The molecule has 0 radical (unpaired) electrons. The molecule has 0 unspecified atom stereocenters. The van der Waals surface area contributed by atoms with E-state index in [9.17, 15) is 4.79 Å². The van der Waals surface area contributed by atoms with Crippen molar-refractivity contribution in [3.05, 3.63) is 18.3 Å². The molecular formula is C21H33N5O2. The van der Waals surface area contributed by atoms with Gasteiger partial charge in [-0.25, -0.2) is 4.79 Å². The van der Waals surface area contributed by atoms with Crippen LogP contribution in [0.5, 0.6) is 0 Å². The predicted molar refractivity (Wildman–Crippen MR) is 114 cm³/mol. The summed E-state index contributed by atoms with van der Waals surface area (Å²) in [4.78, 5) is 14.4. The molecule has 7 nitrogen and oxygen atoms in total. The lowest BCUT2D eigenvalue weighted by Gasteiger charge is -2.29. The Labute approximate surface area is 167 Å². The van der Waals surface area contributed by atoms with Crippen molar-refractivity contribution < 1.29 is 9.53 Å². The van der Waals surface area contributed by atoms with Crippen molar-refractivity contribution in [2.24, 2.45) is 0 Å². The van der Waals surface area contributed by atoms with Crippen molar-refractivity contribution in [2.75, 3.05) is 24.1 Å². The maximum absolute atomic E-state index is 12.6. The smallest absolute Gasteiger partial charge is 0.410 e. The second-order valence-electron chi connectivity index (χ2n) is 8.91. The SMILES string of the molecule is CC(C)n1ncc2c(N[C@@H]3CCCCN(C(=O)OC(C)(C)C)C3)c(N)ccc21. The number of amides is 1. The number of hydrogen-bond donors (Lipinski definition) is 2. The number of hydrogen-bond acceptors (Lipinski definition) is 5. The molecule has 2 aromatic rings. The highest BCUT2D eigenvalue weighted by Gasteiger charge is 2.27. The van der Waals surface area contributed by atoms with Crippen LogP contribution in [0.1, 0.15) is 59.9 Å². The summed E-state index contributed by atoms with van der Waals surface area (Å²) in [7, 11) is 0. The summed E-state index contributed by atoms with van der Waals surface area (Å²) in [6, 6.07) is 4.33. The van der Waals surface area contributed by atoms with Crippen molar-refractivity contribution in [1.82, 2.24) is 14.7 Å². The van der Waals surface area contributed by atoms with E-state index in [1.807, 2.05) is 48.7 Å². The van der Waals surface area contributed by atoms with Gasteiger partial charge in [-0.1, -0.05) is 0 Å². The minimum atomic E-state index is -0.492. The first kappa shape index (κ1) is 20.3. The quantitative estimate of drug-likeness (QED) is 0.763. The molecule has 1 amide bonds. The fourth-order valence-corrected chi connectivity index (χ4v) is 3.67. The van der Waals surface area contributed by atoms with Crippen LogP contribution in [0.3, 0.4) is 0 Å². The molecule has 3 N–H and O–H groups in total. The topological polar surface area (TPSA) is 85.4 Å². The molecule has 1 aromatic heterocycles. The summed E-state index contributed by atoms with van der Waals surface area (Å²) < 4.78 is 7.58. The molecule has 0 bridgehead atoms. The van der Waals surface area contributed by atoms with Crippen LogP contribution in [0.2, 0.25) is 0 Å². The third-order valence-electron chi connectivity index (χ3n) is 4.97. The number of nitrogens with zero attached hydrogens (tertiary/aromatic N) is 3. The Morgan fingerprint density at radius 1 is 1.32 bits per heavy atom. The van der Waals surface area contributed by atoms with E-state index in [0.29, 0.717) is 12.2 Å². The van der Waals surface area contributed by atoms with Crippen molar-refractivity contribution in [1.29, 1.82) is 0 Å². The minimum absolute atomic E-state index is 0.116. The molecule has 28 heavy (non-hydrogen) atoms. The summed E-state index contributed by atoms with van der Waals surface area (Å²) in [5.41, 5.74) is 8.47. The van der Waals surface area contributed by atoms with Gasteiger partial charge in [0, 0.05) is 30.6 Å². The first-order valence-corrected chi connectivity index (χ1v) is 10.2. The average molecular weight is 388 g/mol. The van der Waals surface area contributed by atoms with E-state index in [1.54, 1.807) is 0 Å². The fraction of sp³-hybridized carbons (Fsp3) is 0.619. The van der Waals surface area contributed by atoms with Gasteiger partial charge in [0.2, 0.25) is 0 Å². The van der Waals surface area contributed by atoms with Crippen molar-refractivity contribution in [2.45, 2.75) is 71.6 Å².